The number of unbranched alkanes of at least 4 members (excludes halogenated alkanes) is 1. The molecule has 0 aromatic rings. The van der Waals surface area contributed by atoms with Crippen LogP contribution in [0.3, 0.4) is 0 Å². The lowest BCUT2D eigenvalue weighted by molar-refractivity contribution is -0.136. The van der Waals surface area contributed by atoms with E-state index in [0.717, 1.165) is 19.4 Å². The van der Waals surface area contributed by atoms with Crippen molar-refractivity contribution in [2.75, 3.05) is 26.8 Å². The van der Waals surface area contributed by atoms with Crippen molar-refractivity contribution in [1.82, 2.24) is 4.90 Å². The van der Waals surface area contributed by atoms with Gasteiger partial charge in [0.05, 0.1) is 12.1 Å². The van der Waals surface area contributed by atoms with Gasteiger partial charge in [0.1, 0.15) is 0 Å². The van der Waals surface area contributed by atoms with E-state index < -0.39 is 5.54 Å². The van der Waals surface area contributed by atoms with Crippen molar-refractivity contribution in [2.45, 2.75) is 39.2 Å². The van der Waals surface area contributed by atoms with Crippen LogP contribution in [0.2, 0.25) is 0 Å². The van der Waals surface area contributed by atoms with E-state index in [1.165, 1.54) is 0 Å². The largest absolute Gasteiger partial charge is 0.383 e. The van der Waals surface area contributed by atoms with Crippen molar-refractivity contribution in [1.29, 1.82) is 0 Å². The molecule has 0 radical (unpaired) electrons. The van der Waals surface area contributed by atoms with Crippen LogP contribution >= 0.6 is 0 Å². The summed E-state index contributed by atoms with van der Waals surface area (Å²) in [6, 6.07) is 0. The maximum Gasteiger partial charge on any atom is 0.242 e. The van der Waals surface area contributed by atoms with Crippen LogP contribution in [0.4, 0.5) is 0 Å². The average molecular weight is 216 g/mol. The molecule has 15 heavy (non-hydrogen) atoms. The van der Waals surface area contributed by atoms with E-state index >= 15 is 0 Å². The van der Waals surface area contributed by atoms with Gasteiger partial charge >= 0.3 is 0 Å². The first-order chi connectivity index (χ1) is 6.93. The van der Waals surface area contributed by atoms with Crippen LogP contribution < -0.4 is 5.73 Å². The Morgan fingerprint density at radius 1 is 1.40 bits per heavy atom. The fourth-order valence-electron chi connectivity index (χ4n) is 1.27. The molecule has 0 rings (SSSR count). The molecule has 4 heteroatoms. The molecule has 0 saturated carbocycles. The van der Waals surface area contributed by atoms with Crippen LogP contribution in [0.5, 0.6) is 0 Å². The molecule has 4 nitrogen and oxygen atoms in total. The fourth-order valence-corrected chi connectivity index (χ4v) is 1.27. The summed E-state index contributed by atoms with van der Waals surface area (Å²) in [6.07, 6.45) is 2.08. The second-order valence-corrected chi connectivity index (χ2v) is 4.36. The molecular weight excluding hydrogens is 192 g/mol. The summed E-state index contributed by atoms with van der Waals surface area (Å²) in [5, 5.41) is 0. The first-order valence-electron chi connectivity index (χ1n) is 5.50. The number of carbonyl (C=O) groups is 1. The van der Waals surface area contributed by atoms with Gasteiger partial charge in [0.15, 0.2) is 0 Å². The van der Waals surface area contributed by atoms with Crippen LogP contribution in [0.15, 0.2) is 0 Å². The number of methoxy groups -OCH3 is 1. The smallest absolute Gasteiger partial charge is 0.242 e. The molecular formula is C11H24N2O2. The van der Waals surface area contributed by atoms with Crippen molar-refractivity contribution in [3.8, 4) is 0 Å². The van der Waals surface area contributed by atoms with Crippen LogP contribution in [0.25, 0.3) is 0 Å². The lowest BCUT2D eigenvalue weighted by Crippen LogP contribution is -2.52. The van der Waals surface area contributed by atoms with E-state index in [4.69, 9.17) is 10.5 Å². The molecule has 0 unspecified atom stereocenters. The number of nitrogens with zero attached hydrogens (tertiary/aromatic N) is 1. The van der Waals surface area contributed by atoms with Crippen molar-refractivity contribution < 1.29 is 9.53 Å². The third kappa shape index (κ3) is 5.74. The molecule has 90 valence electrons. The molecule has 0 fully saturated rings. The second kappa shape index (κ2) is 6.80. The van der Waals surface area contributed by atoms with Gasteiger partial charge in [0, 0.05) is 20.2 Å². The summed E-state index contributed by atoms with van der Waals surface area (Å²) in [5.74, 6) is -0.00648. The predicted molar refractivity (Wildman–Crippen MR) is 61.6 cm³/mol. The monoisotopic (exact) mass is 216 g/mol. The number of ether oxygens (including phenoxy) is 1. The molecule has 0 aliphatic carbocycles. The standard InChI is InChI=1S/C11H24N2O2/c1-5-6-7-13(8-9-15-4)10(14)11(2,3)12/h5-9,12H2,1-4H3. The van der Waals surface area contributed by atoms with Gasteiger partial charge in [-0.15, -0.1) is 0 Å². The van der Waals surface area contributed by atoms with E-state index in [-0.39, 0.29) is 5.91 Å². The van der Waals surface area contributed by atoms with Crippen molar-refractivity contribution >= 4 is 5.91 Å². The van der Waals surface area contributed by atoms with E-state index in [0.29, 0.717) is 13.2 Å². The van der Waals surface area contributed by atoms with Crippen molar-refractivity contribution in [3.63, 3.8) is 0 Å². The lowest BCUT2D eigenvalue weighted by Gasteiger charge is -2.29. The van der Waals surface area contributed by atoms with Crippen LogP contribution in [0.1, 0.15) is 33.6 Å². The zero-order valence-electron chi connectivity index (χ0n) is 10.4. The van der Waals surface area contributed by atoms with E-state index in [1.807, 2.05) is 0 Å². The van der Waals surface area contributed by atoms with Crippen molar-refractivity contribution in [2.24, 2.45) is 5.73 Å². The van der Waals surface area contributed by atoms with Gasteiger partial charge in [0.2, 0.25) is 5.91 Å². The van der Waals surface area contributed by atoms with Gasteiger partial charge in [0.25, 0.3) is 0 Å². The average Bonchev–Trinajstić information content (AvgIpc) is 2.16. The van der Waals surface area contributed by atoms with E-state index in [1.54, 1.807) is 25.9 Å². The topological polar surface area (TPSA) is 55.6 Å². The molecule has 2 N–H and O–H groups in total. The fraction of sp³-hybridized carbons (Fsp3) is 0.909. The van der Waals surface area contributed by atoms with Gasteiger partial charge in [-0.3, -0.25) is 4.79 Å². The molecule has 0 spiro atoms. The summed E-state index contributed by atoms with van der Waals surface area (Å²) in [5.41, 5.74) is 5.00. The third-order valence-corrected chi connectivity index (χ3v) is 2.19. The Balaban J connectivity index is 4.27. The van der Waals surface area contributed by atoms with Gasteiger partial charge in [-0.05, 0) is 20.3 Å². The highest BCUT2D eigenvalue weighted by molar-refractivity contribution is 5.85. The zero-order chi connectivity index (χ0) is 11.9. The Morgan fingerprint density at radius 2 is 2.00 bits per heavy atom. The van der Waals surface area contributed by atoms with E-state index in [9.17, 15) is 4.79 Å². The number of hydrogen-bond acceptors (Lipinski definition) is 3. The first-order valence-corrected chi connectivity index (χ1v) is 5.50. The van der Waals surface area contributed by atoms with Crippen molar-refractivity contribution in [3.05, 3.63) is 0 Å². The van der Waals surface area contributed by atoms with Crippen LogP contribution in [-0.2, 0) is 9.53 Å². The van der Waals surface area contributed by atoms with Gasteiger partial charge in [-0.2, -0.15) is 0 Å². The highest BCUT2D eigenvalue weighted by atomic mass is 16.5. The Hall–Kier alpha value is -0.610. The SMILES string of the molecule is CCCCN(CCOC)C(=O)C(C)(C)N. The van der Waals surface area contributed by atoms with Gasteiger partial charge < -0.3 is 15.4 Å². The Labute approximate surface area is 92.8 Å². The van der Waals surface area contributed by atoms with Gasteiger partial charge in [-0.25, -0.2) is 0 Å². The Bertz CT molecular complexity index is 180. The predicted octanol–water partition coefficient (Wildman–Crippen LogP) is 0.999. The summed E-state index contributed by atoms with van der Waals surface area (Å²) in [6.45, 7) is 7.52. The number of rotatable bonds is 7. The number of hydrogen-bond donors (Lipinski definition) is 1. The molecule has 0 bridgehead atoms. The Kier molecular flexibility index (Phi) is 6.52. The molecule has 0 heterocycles. The minimum Gasteiger partial charge on any atom is -0.383 e. The molecule has 1 amide bonds. The maximum atomic E-state index is 11.9. The molecule has 0 saturated heterocycles. The van der Waals surface area contributed by atoms with Crippen LogP contribution in [-0.4, -0.2) is 43.2 Å². The highest BCUT2D eigenvalue weighted by Crippen LogP contribution is 2.06. The minimum absolute atomic E-state index is 0.00648. The summed E-state index contributed by atoms with van der Waals surface area (Å²) >= 11 is 0. The lowest BCUT2D eigenvalue weighted by atomic mass is 10.1. The normalized spacial score (nSPS) is 11.5. The molecule has 0 aromatic carbocycles. The number of nitrogens with two attached hydrogens (primary N) is 1. The summed E-state index contributed by atoms with van der Waals surface area (Å²) in [7, 11) is 1.63. The third-order valence-electron chi connectivity index (χ3n) is 2.19. The van der Waals surface area contributed by atoms with E-state index in [2.05, 4.69) is 6.92 Å². The first kappa shape index (κ1) is 14.4. The molecule has 0 atom stereocenters. The highest BCUT2D eigenvalue weighted by Gasteiger charge is 2.26. The van der Waals surface area contributed by atoms with Gasteiger partial charge in [-0.1, -0.05) is 13.3 Å². The number of amides is 1. The van der Waals surface area contributed by atoms with Crippen LogP contribution in [0, 0.1) is 0 Å². The minimum atomic E-state index is -0.790. The molecule has 0 aliphatic heterocycles. The zero-order valence-corrected chi connectivity index (χ0v) is 10.4. The quantitative estimate of drug-likeness (QED) is 0.690. The number of carbonyl (C=O) groups excluding carboxylic acids is 1. The maximum absolute atomic E-state index is 11.9. The molecule has 0 aromatic heterocycles. The Morgan fingerprint density at radius 3 is 2.40 bits per heavy atom. The summed E-state index contributed by atoms with van der Waals surface area (Å²) < 4.78 is 4.98. The second-order valence-electron chi connectivity index (χ2n) is 4.36. The molecule has 0 aliphatic rings. The summed E-state index contributed by atoms with van der Waals surface area (Å²) in [4.78, 5) is 13.7.